The van der Waals surface area contributed by atoms with E-state index in [1.54, 1.807) is 0 Å². The van der Waals surface area contributed by atoms with Gasteiger partial charge in [-0.15, -0.1) is 0 Å². The molecule has 2 aliphatic rings. The minimum Gasteiger partial charge on any atom is -0.381 e. The Bertz CT molecular complexity index is 295. The Morgan fingerprint density at radius 3 is 2.57 bits per heavy atom. The van der Waals surface area contributed by atoms with E-state index in [0.29, 0.717) is 5.41 Å². The molecule has 0 saturated carbocycles. The van der Waals surface area contributed by atoms with Crippen LogP contribution in [0.5, 0.6) is 0 Å². The molecule has 0 aromatic heterocycles. The number of rotatable bonds is 6. The predicted octanol–water partition coefficient (Wildman–Crippen LogP) is 2.85. The lowest BCUT2D eigenvalue weighted by molar-refractivity contribution is -0.0266. The van der Waals surface area contributed by atoms with Crippen molar-refractivity contribution in [2.75, 3.05) is 45.9 Å². The maximum atomic E-state index is 5.87. The third kappa shape index (κ3) is 5.74. The summed E-state index contributed by atoms with van der Waals surface area (Å²) in [6, 6.07) is 0. The topological polar surface area (TPSA) is 24.5 Å². The molecule has 0 spiro atoms. The van der Waals surface area contributed by atoms with Crippen molar-refractivity contribution in [3.63, 3.8) is 0 Å². The van der Waals surface area contributed by atoms with Gasteiger partial charge in [0.15, 0.2) is 0 Å². The Hall–Kier alpha value is 0.230. The summed E-state index contributed by atoms with van der Waals surface area (Å²) < 4.78 is 5.87. The fraction of sp³-hybridized carbons (Fsp3) is 1.00. The van der Waals surface area contributed by atoms with Crippen LogP contribution in [0.2, 0.25) is 0 Å². The van der Waals surface area contributed by atoms with Crippen LogP contribution in [0.1, 0.15) is 40.5 Å². The van der Waals surface area contributed by atoms with Gasteiger partial charge in [0, 0.05) is 48.7 Å². The first-order valence-electron chi connectivity index (χ1n) is 8.65. The van der Waals surface area contributed by atoms with Crippen LogP contribution in [0.4, 0.5) is 0 Å². The van der Waals surface area contributed by atoms with E-state index >= 15 is 0 Å². The molecule has 2 saturated heterocycles. The average Bonchev–Trinajstić information content (AvgIpc) is 2.37. The number of nitrogens with zero attached hydrogens (tertiary/aromatic N) is 1. The standard InChI is InChI=1S/C17H34N2OS/c1-14(2)8-18-11-17(6-5-7-20-13-17)12-19-9-15(3)21-16(4)10-19/h14-16,18H,5-13H2,1-4H3. The van der Waals surface area contributed by atoms with E-state index in [2.05, 4.69) is 49.7 Å². The van der Waals surface area contributed by atoms with E-state index in [1.807, 2.05) is 0 Å². The van der Waals surface area contributed by atoms with Gasteiger partial charge in [-0.1, -0.05) is 27.7 Å². The molecular formula is C17H34N2OS. The van der Waals surface area contributed by atoms with Crippen molar-refractivity contribution >= 4 is 11.8 Å². The Morgan fingerprint density at radius 2 is 2.00 bits per heavy atom. The van der Waals surface area contributed by atoms with Gasteiger partial charge in [0.25, 0.3) is 0 Å². The molecule has 2 heterocycles. The van der Waals surface area contributed by atoms with Gasteiger partial charge in [0.1, 0.15) is 0 Å². The minimum atomic E-state index is 0.328. The summed E-state index contributed by atoms with van der Waals surface area (Å²) in [6.07, 6.45) is 2.53. The molecule has 2 aliphatic heterocycles. The summed E-state index contributed by atoms with van der Waals surface area (Å²) in [4.78, 5) is 2.69. The van der Waals surface area contributed by atoms with Gasteiger partial charge in [-0.25, -0.2) is 0 Å². The van der Waals surface area contributed by atoms with Gasteiger partial charge < -0.3 is 15.0 Å². The third-order valence-corrected chi connectivity index (χ3v) is 5.74. The molecule has 2 fully saturated rings. The molecular weight excluding hydrogens is 280 g/mol. The lowest BCUT2D eigenvalue weighted by Crippen LogP contribution is -2.52. The van der Waals surface area contributed by atoms with Crippen LogP contribution in [0.15, 0.2) is 0 Å². The second-order valence-corrected chi connectivity index (χ2v) is 9.51. The highest BCUT2D eigenvalue weighted by Gasteiger charge is 2.36. The number of ether oxygens (including phenoxy) is 1. The number of thioether (sulfide) groups is 1. The van der Waals surface area contributed by atoms with Crippen molar-refractivity contribution < 1.29 is 4.74 Å². The van der Waals surface area contributed by atoms with Crippen LogP contribution >= 0.6 is 11.8 Å². The molecule has 3 atom stereocenters. The van der Waals surface area contributed by atoms with Crippen LogP contribution in [0, 0.1) is 11.3 Å². The zero-order valence-electron chi connectivity index (χ0n) is 14.4. The highest BCUT2D eigenvalue weighted by Crippen LogP contribution is 2.32. The molecule has 4 heteroatoms. The number of hydrogen-bond donors (Lipinski definition) is 1. The second-order valence-electron chi connectivity index (χ2n) is 7.63. The zero-order valence-corrected chi connectivity index (χ0v) is 15.2. The van der Waals surface area contributed by atoms with Crippen LogP contribution in [0.25, 0.3) is 0 Å². The van der Waals surface area contributed by atoms with E-state index in [9.17, 15) is 0 Å². The molecule has 0 bridgehead atoms. The molecule has 0 radical (unpaired) electrons. The van der Waals surface area contributed by atoms with Crippen molar-refractivity contribution in [3.8, 4) is 0 Å². The van der Waals surface area contributed by atoms with E-state index in [-0.39, 0.29) is 0 Å². The van der Waals surface area contributed by atoms with Gasteiger partial charge in [0.05, 0.1) is 6.61 Å². The van der Waals surface area contributed by atoms with Crippen molar-refractivity contribution in [2.45, 2.75) is 51.0 Å². The molecule has 2 rings (SSSR count). The maximum Gasteiger partial charge on any atom is 0.0546 e. The Labute approximate surface area is 135 Å². The SMILES string of the molecule is CC(C)CNCC1(CN2CC(C)SC(C)C2)CCCOC1. The molecule has 3 nitrogen and oxygen atoms in total. The molecule has 3 unspecified atom stereocenters. The second kappa shape index (κ2) is 8.19. The summed E-state index contributed by atoms with van der Waals surface area (Å²) in [5, 5.41) is 5.22. The monoisotopic (exact) mass is 314 g/mol. The summed E-state index contributed by atoms with van der Waals surface area (Å²) in [6.45, 7) is 17.1. The first kappa shape index (κ1) is 17.6. The Morgan fingerprint density at radius 1 is 1.29 bits per heavy atom. The van der Waals surface area contributed by atoms with Gasteiger partial charge in [0.2, 0.25) is 0 Å². The van der Waals surface area contributed by atoms with Crippen molar-refractivity contribution in [1.82, 2.24) is 10.2 Å². The molecule has 0 amide bonds. The highest BCUT2D eigenvalue weighted by molar-refractivity contribution is 8.00. The van der Waals surface area contributed by atoms with Crippen LogP contribution in [-0.4, -0.2) is 61.3 Å². The third-order valence-electron chi connectivity index (χ3n) is 4.51. The lowest BCUT2D eigenvalue weighted by atomic mass is 9.81. The van der Waals surface area contributed by atoms with Crippen molar-refractivity contribution in [3.05, 3.63) is 0 Å². The fourth-order valence-electron chi connectivity index (χ4n) is 3.74. The Balaban J connectivity index is 1.91. The molecule has 0 aliphatic carbocycles. The summed E-state index contributed by atoms with van der Waals surface area (Å²) in [7, 11) is 0. The van der Waals surface area contributed by atoms with Crippen LogP contribution in [-0.2, 0) is 4.74 Å². The fourth-order valence-corrected chi connectivity index (χ4v) is 5.13. The van der Waals surface area contributed by atoms with Crippen LogP contribution in [0.3, 0.4) is 0 Å². The van der Waals surface area contributed by atoms with E-state index in [0.717, 1.165) is 42.7 Å². The van der Waals surface area contributed by atoms with Crippen molar-refractivity contribution in [1.29, 1.82) is 0 Å². The lowest BCUT2D eigenvalue weighted by Gasteiger charge is -2.44. The molecule has 124 valence electrons. The van der Waals surface area contributed by atoms with Crippen molar-refractivity contribution in [2.24, 2.45) is 11.3 Å². The average molecular weight is 315 g/mol. The highest BCUT2D eigenvalue weighted by atomic mass is 32.2. The Kier molecular flexibility index (Phi) is 6.85. The zero-order chi connectivity index (χ0) is 15.3. The normalized spacial score (nSPS) is 35.3. The predicted molar refractivity (Wildman–Crippen MR) is 93.1 cm³/mol. The van der Waals surface area contributed by atoms with Gasteiger partial charge >= 0.3 is 0 Å². The summed E-state index contributed by atoms with van der Waals surface area (Å²) in [5.41, 5.74) is 0.328. The van der Waals surface area contributed by atoms with E-state index in [1.165, 1.54) is 32.5 Å². The van der Waals surface area contributed by atoms with E-state index in [4.69, 9.17) is 4.74 Å². The van der Waals surface area contributed by atoms with Crippen LogP contribution < -0.4 is 5.32 Å². The first-order valence-corrected chi connectivity index (χ1v) is 9.60. The number of nitrogens with one attached hydrogen (secondary N) is 1. The first-order chi connectivity index (χ1) is 9.99. The quantitative estimate of drug-likeness (QED) is 0.815. The molecule has 1 N–H and O–H groups in total. The smallest absolute Gasteiger partial charge is 0.0546 e. The minimum absolute atomic E-state index is 0.328. The molecule has 0 aromatic carbocycles. The van der Waals surface area contributed by atoms with Gasteiger partial charge in [-0.3, -0.25) is 0 Å². The van der Waals surface area contributed by atoms with E-state index < -0.39 is 0 Å². The number of hydrogen-bond acceptors (Lipinski definition) is 4. The maximum absolute atomic E-state index is 5.87. The molecule has 21 heavy (non-hydrogen) atoms. The van der Waals surface area contributed by atoms with Gasteiger partial charge in [-0.2, -0.15) is 11.8 Å². The summed E-state index contributed by atoms with van der Waals surface area (Å²) >= 11 is 2.14. The molecule has 0 aromatic rings. The van der Waals surface area contributed by atoms with Gasteiger partial charge in [-0.05, 0) is 25.3 Å². The summed E-state index contributed by atoms with van der Waals surface area (Å²) in [5.74, 6) is 0.720. The largest absolute Gasteiger partial charge is 0.381 e.